The van der Waals surface area contributed by atoms with Crippen molar-refractivity contribution in [2.75, 3.05) is 11.3 Å². The number of sulfonamides is 1. The third-order valence-electron chi connectivity index (χ3n) is 3.42. The molecule has 0 radical (unpaired) electrons. The Kier molecular flexibility index (Phi) is 3.33. The summed E-state index contributed by atoms with van der Waals surface area (Å²) in [6, 6.07) is 8.72. The molecule has 0 aliphatic carbocycles. The van der Waals surface area contributed by atoms with Gasteiger partial charge in [0, 0.05) is 6.42 Å². The Balaban J connectivity index is 1.95. The predicted octanol–water partition coefficient (Wildman–Crippen LogP) is 2.87. The first-order valence-corrected chi connectivity index (χ1v) is 7.99. The second-order valence-corrected chi connectivity index (χ2v) is 6.62. The Morgan fingerprint density at radius 1 is 1.19 bits per heavy atom. The number of nitrogens with one attached hydrogen (secondary N) is 1. The maximum Gasteiger partial charge on any atom is 0.261 e. The number of fused-ring (bicyclic) bond motifs is 1. The lowest BCUT2D eigenvalue weighted by atomic mass is 10.2. The van der Waals surface area contributed by atoms with E-state index in [1.54, 1.807) is 19.1 Å². The second kappa shape index (κ2) is 5.04. The van der Waals surface area contributed by atoms with Crippen LogP contribution in [0.25, 0.3) is 0 Å². The molecule has 0 fully saturated rings. The Bertz CT molecular complexity index is 803. The maximum atomic E-state index is 13.3. The molecule has 0 bridgehead atoms. The van der Waals surface area contributed by atoms with Crippen LogP contribution in [0.3, 0.4) is 0 Å². The minimum absolute atomic E-state index is 0.149. The molecule has 21 heavy (non-hydrogen) atoms. The fourth-order valence-corrected chi connectivity index (χ4v) is 3.41. The zero-order chi connectivity index (χ0) is 15.0. The molecule has 1 aliphatic heterocycles. The average molecular weight is 307 g/mol. The first-order chi connectivity index (χ1) is 9.95. The van der Waals surface area contributed by atoms with Crippen molar-refractivity contribution in [3.8, 4) is 5.75 Å². The highest BCUT2D eigenvalue weighted by molar-refractivity contribution is 7.92. The molecule has 0 aromatic heterocycles. The predicted molar refractivity (Wildman–Crippen MR) is 77.6 cm³/mol. The maximum absolute atomic E-state index is 13.3. The van der Waals surface area contributed by atoms with Gasteiger partial charge in [-0.3, -0.25) is 4.72 Å². The number of benzene rings is 2. The van der Waals surface area contributed by atoms with E-state index in [0.717, 1.165) is 11.3 Å². The SMILES string of the molecule is Cc1ccc(F)cc1NS(=O)(=O)c1ccc2c(c1)CCO2. The van der Waals surface area contributed by atoms with Crippen LogP contribution in [0.15, 0.2) is 41.3 Å². The van der Waals surface area contributed by atoms with Crippen molar-refractivity contribution in [2.24, 2.45) is 0 Å². The van der Waals surface area contributed by atoms with Gasteiger partial charge in [0.25, 0.3) is 10.0 Å². The Hall–Kier alpha value is -2.08. The molecule has 2 aromatic rings. The van der Waals surface area contributed by atoms with Crippen LogP contribution < -0.4 is 9.46 Å². The summed E-state index contributed by atoms with van der Waals surface area (Å²) in [4.78, 5) is 0.149. The highest BCUT2D eigenvalue weighted by Gasteiger charge is 2.20. The molecule has 6 heteroatoms. The van der Waals surface area contributed by atoms with E-state index in [-0.39, 0.29) is 10.6 Å². The third-order valence-corrected chi connectivity index (χ3v) is 4.78. The van der Waals surface area contributed by atoms with Crippen LogP contribution in [0.4, 0.5) is 10.1 Å². The number of halogens is 1. The molecule has 110 valence electrons. The molecule has 1 aliphatic rings. The van der Waals surface area contributed by atoms with Gasteiger partial charge >= 0.3 is 0 Å². The van der Waals surface area contributed by atoms with Crippen LogP contribution >= 0.6 is 0 Å². The highest BCUT2D eigenvalue weighted by Crippen LogP contribution is 2.29. The summed E-state index contributed by atoms with van der Waals surface area (Å²) in [6.45, 7) is 2.28. The van der Waals surface area contributed by atoms with E-state index >= 15 is 0 Å². The van der Waals surface area contributed by atoms with Gasteiger partial charge in [-0.2, -0.15) is 0 Å². The molecule has 0 amide bonds. The van der Waals surface area contributed by atoms with Crippen molar-refractivity contribution in [3.63, 3.8) is 0 Å². The van der Waals surface area contributed by atoms with Gasteiger partial charge in [0.15, 0.2) is 0 Å². The van der Waals surface area contributed by atoms with Crippen molar-refractivity contribution < 1.29 is 17.5 Å². The lowest BCUT2D eigenvalue weighted by molar-refractivity contribution is 0.356. The lowest BCUT2D eigenvalue weighted by Crippen LogP contribution is -2.14. The quantitative estimate of drug-likeness (QED) is 0.948. The van der Waals surface area contributed by atoms with E-state index < -0.39 is 15.8 Å². The van der Waals surface area contributed by atoms with Gasteiger partial charge in [-0.25, -0.2) is 12.8 Å². The third kappa shape index (κ3) is 2.71. The molecule has 2 aromatic carbocycles. The van der Waals surface area contributed by atoms with Crippen molar-refractivity contribution in [3.05, 3.63) is 53.3 Å². The first-order valence-electron chi connectivity index (χ1n) is 6.50. The molecule has 3 rings (SSSR count). The fourth-order valence-electron chi connectivity index (χ4n) is 2.24. The molecule has 4 nitrogen and oxygen atoms in total. The average Bonchev–Trinajstić information content (AvgIpc) is 2.90. The highest BCUT2D eigenvalue weighted by atomic mass is 32.2. The summed E-state index contributed by atoms with van der Waals surface area (Å²) in [6.07, 6.45) is 0.692. The Morgan fingerprint density at radius 3 is 2.81 bits per heavy atom. The van der Waals surface area contributed by atoms with E-state index in [2.05, 4.69) is 4.72 Å². The molecule has 1 N–H and O–H groups in total. The standard InChI is InChI=1S/C15H14FNO3S/c1-10-2-3-12(16)9-14(10)17-21(18,19)13-4-5-15-11(8-13)6-7-20-15/h2-5,8-9,17H,6-7H2,1H3. The zero-order valence-electron chi connectivity index (χ0n) is 11.4. The summed E-state index contributed by atoms with van der Waals surface area (Å²) in [5, 5.41) is 0. The van der Waals surface area contributed by atoms with Gasteiger partial charge in [-0.05, 0) is 48.4 Å². The van der Waals surface area contributed by atoms with Gasteiger partial charge in [-0.15, -0.1) is 0 Å². The number of hydrogen-bond donors (Lipinski definition) is 1. The molecule has 0 unspecified atom stereocenters. The topological polar surface area (TPSA) is 55.4 Å². The molecule has 1 heterocycles. The van der Waals surface area contributed by atoms with E-state index in [1.165, 1.54) is 24.3 Å². The smallest absolute Gasteiger partial charge is 0.261 e. The van der Waals surface area contributed by atoms with Crippen molar-refractivity contribution in [1.82, 2.24) is 0 Å². The lowest BCUT2D eigenvalue weighted by Gasteiger charge is -2.11. The van der Waals surface area contributed by atoms with Crippen molar-refractivity contribution >= 4 is 15.7 Å². The summed E-state index contributed by atoms with van der Waals surface area (Å²) in [5.74, 6) is 0.233. The molecule has 0 saturated heterocycles. The van der Waals surface area contributed by atoms with Crippen LogP contribution in [0.1, 0.15) is 11.1 Å². The monoisotopic (exact) mass is 307 g/mol. The van der Waals surface area contributed by atoms with Crippen LogP contribution in [-0.2, 0) is 16.4 Å². The fraction of sp³-hybridized carbons (Fsp3) is 0.200. The van der Waals surface area contributed by atoms with Crippen LogP contribution in [0, 0.1) is 12.7 Å². The Labute approximate surface area is 122 Å². The molecule has 0 spiro atoms. The number of aryl methyl sites for hydroxylation is 1. The summed E-state index contributed by atoms with van der Waals surface area (Å²) in [5.41, 5.74) is 1.77. The van der Waals surface area contributed by atoms with E-state index in [1.807, 2.05) is 0 Å². The second-order valence-electron chi connectivity index (χ2n) is 4.93. The summed E-state index contributed by atoms with van der Waals surface area (Å²) < 4.78 is 45.8. The minimum Gasteiger partial charge on any atom is -0.493 e. The summed E-state index contributed by atoms with van der Waals surface area (Å²) in [7, 11) is -3.75. The van der Waals surface area contributed by atoms with Crippen LogP contribution in [0.2, 0.25) is 0 Å². The largest absolute Gasteiger partial charge is 0.493 e. The van der Waals surface area contributed by atoms with Gasteiger partial charge in [0.05, 0.1) is 17.2 Å². The van der Waals surface area contributed by atoms with Crippen molar-refractivity contribution in [1.29, 1.82) is 0 Å². The van der Waals surface area contributed by atoms with E-state index in [0.29, 0.717) is 18.6 Å². The minimum atomic E-state index is -3.75. The van der Waals surface area contributed by atoms with Crippen LogP contribution in [0.5, 0.6) is 5.75 Å². The van der Waals surface area contributed by atoms with Gasteiger partial charge in [0.1, 0.15) is 11.6 Å². The van der Waals surface area contributed by atoms with Gasteiger partial charge in [0.2, 0.25) is 0 Å². The number of rotatable bonds is 3. The number of anilines is 1. The number of ether oxygens (including phenoxy) is 1. The van der Waals surface area contributed by atoms with E-state index in [9.17, 15) is 12.8 Å². The van der Waals surface area contributed by atoms with Gasteiger partial charge in [-0.1, -0.05) is 6.07 Å². The number of hydrogen-bond acceptors (Lipinski definition) is 3. The van der Waals surface area contributed by atoms with Crippen LogP contribution in [-0.4, -0.2) is 15.0 Å². The molecule has 0 atom stereocenters. The molecule has 0 saturated carbocycles. The first kappa shape index (κ1) is 13.9. The normalized spacial score (nSPS) is 13.6. The Morgan fingerprint density at radius 2 is 2.00 bits per heavy atom. The van der Waals surface area contributed by atoms with Gasteiger partial charge < -0.3 is 4.74 Å². The molecular weight excluding hydrogens is 293 g/mol. The molecular formula is C15H14FNO3S. The zero-order valence-corrected chi connectivity index (χ0v) is 12.2. The van der Waals surface area contributed by atoms with Crippen molar-refractivity contribution in [2.45, 2.75) is 18.2 Å². The summed E-state index contributed by atoms with van der Waals surface area (Å²) >= 11 is 0. The van der Waals surface area contributed by atoms with E-state index in [4.69, 9.17) is 4.74 Å².